The van der Waals surface area contributed by atoms with Crippen molar-refractivity contribution in [1.82, 2.24) is 15.2 Å². The van der Waals surface area contributed by atoms with Gasteiger partial charge < -0.3 is 24.6 Å². The first kappa shape index (κ1) is 24.2. The highest BCUT2D eigenvalue weighted by Crippen LogP contribution is 2.31. The quantitative estimate of drug-likeness (QED) is 0.661. The Bertz CT molecular complexity index is 1070. The molecule has 2 saturated heterocycles. The fraction of sp³-hybridized carbons (Fsp3) is 0.391. The maximum Gasteiger partial charge on any atom is 0.414 e. The van der Waals surface area contributed by atoms with Crippen molar-refractivity contribution in [1.29, 1.82) is 0 Å². The lowest BCUT2D eigenvalue weighted by molar-refractivity contribution is -0.130. The number of benzene rings is 1. The minimum Gasteiger partial charge on any atom is -0.453 e. The normalized spacial score (nSPS) is 17.9. The van der Waals surface area contributed by atoms with Crippen LogP contribution in [-0.4, -0.2) is 80.5 Å². The van der Waals surface area contributed by atoms with Gasteiger partial charge in [-0.05, 0) is 11.6 Å². The molecule has 3 amide bonds. The molecule has 2 aliphatic rings. The summed E-state index contributed by atoms with van der Waals surface area (Å²) >= 11 is 0. The van der Waals surface area contributed by atoms with Crippen LogP contribution in [-0.2, 0) is 20.7 Å². The highest BCUT2D eigenvalue weighted by atomic mass is 19.1. The van der Waals surface area contributed by atoms with E-state index in [1.807, 2.05) is 6.07 Å². The van der Waals surface area contributed by atoms with Crippen LogP contribution in [0.5, 0.6) is 0 Å². The largest absolute Gasteiger partial charge is 0.453 e. The zero-order chi connectivity index (χ0) is 24.9. The number of hydrogen-bond acceptors (Lipinski definition) is 7. The van der Waals surface area contributed by atoms with E-state index in [1.54, 1.807) is 28.3 Å². The number of pyridine rings is 1. The number of cyclic esters (lactones) is 1. The summed E-state index contributed by atoms with van der Waals surface area (Å²) in [6.45, 7) is 1.19. The zero-order valence-electron chi connectivity index (χ0n) is 19.1. The molecule has 12 heteroatoms. The summed E-state index contributed by atoms with van der Waals surface area (Å²) in [6.07, 6.45) is 1.34. The molecular formula is C23H25F2N5O5. The molecule has 0 aliphatic carbocycles. The number of anilines is 2. The third-order valence-corrected chi connectivity index (χ3v) is 5.87. The molecule has 1 N–H and O–H groups in total. The number of methoxy groups -OCH3 is 1. The van der Waals surface area contributed by atoms with Gasteiger partial charge in [0, 0.05) is 50.7 Å². The van der Waals surface area contributed by atoms with Crippen LogP contribution in [0, 0.1) is 11.6 Å². The fourth-order valence-electron chi connectivity index (χ4n) is 4.09. The van der Waals surface area contributed by atoms with Gasteiger partial charge in [-0.1, -0.05) is 6.07 Å². The molecule has 0 spiro atoms. The van der Waals surface area contributed by atoms with Crippen LogP contribution < -0.4 is 15.1 Å². The van der Waals surface area contributed by atoms with Crippen molar-refractivity contribution in [2.45, 2.75) is 12.5 Å². The van der Waals surface area contributed by atoms with E-state index in [1.165, 1.54) is 7.11 Å². The molecule has 35 heavy (non-hydrogen) atoms. The molecule has 2 fully saturated rings. The van der Waals surface area contributed by atoms with Gasteiger partial charge in [0.15, 0.2) is 11.6 Å². The third-order valence-electron chi connectivity index (χ3n) is 5.87. The molecule has 1 atom stereocenters. The molecule has 0 bridgehead atoms. The lowest BCUT2D eigenvalue weighted by Crippen LogP contribution is -2.49. The van der Waals surface area contributed by atoms with Gasteiger partial charge in [-0.25, -0.2) is 18.4 Å². The Balaban J connectivity index is 1.37. The summed E-state index contributed by atoms with van der Waals surface area (Å²) < 4.78 is 39.6. The van der Waals surface area contributed by atoms with E-state index in [0.29, 0.717) is 13.1 Å². The van der Waals surface area contributed by atoms with Crippen molar-refractivity contribution in [3.8, 4) is 0 Å². The molecule has 1 unspecified atom stereocenters. The number of nitrogens with one attached hydrogen (secondary N) is 1. The number of ether oxygens (including phenoxy) is 2. The topological polar surface area (TPSA) is 104 Å². The number of carbonyl (C=O) groups is 3. The van der Waals surface area contributed by atoms with Crippen LogP contribution in [0.15, 0.2) is 36.7 Å². The fourth-order valence-corrected chi connectivity index (χ4v) is 4.09. The number of rotatable bonds is 6. The molecule has 0 radical (unpaired) electrons. The van der Waals surface area contributed by atoms with Crippen LogP contribution in [0.25, 0.3) is 0 Å². The van der Waals surface area contributed by atoms with Crippen molar-refractivity contribution >= 4 is 29.5 Å². The highest BCUT2D eigenvalue weighted by molar-refractivity contribution is 5.90. The van der Waals surface area contributed by atoms with E-state index in [4.69, 9.17) is 4.74 Å². The Morgan fingerprint density at radius 1 is 1.20 bits per heavy atom. The van der Waals surface area contributed by atoms with E-state index < -0.39 is 29.9 Å². The van der Waals surface area contributed by atoms with E-state index in [0.717, 1.165) is 22.6 Å². The second-order valence-electron chi connectivity index (χ2n) is 8.15. The first-order valence-electron chi connectivity index (χ1n) is 11.1. The SMILES string of the molecule is COC(=O)NCC1CN(c2cc(F)c(N3CCN(C(=O)Cc4cccnc4)CC3)c(F)c2)C(=O)O1. The lowest BCUT2D eigenvalue weighted by Gasteiger charge is -2.36. The molecule has 10 nitrogen and oxygen atoms in total. The number of piperazine rings is 1. The Morgan fingerprint density at radius 3 is 2.54 bits per heavy atom. The van der Waals surface area contributed by atoms with Crippen molar-refractivity contribution in [3.05, 3.63) is 53.9 Å². The molecule has 186 valence electrons. The molecule has 2 aliphatic heterocycles. The summed E-state index contributed by atoms with van der Waals surface area (Å²) in [5, 5.41) is 2.42. The minimum absolute atomic E-state index is 0.00173. The summed E-state index contributed by atoms with van der Waals surface area (Å²) in [4.78, 5) is 44.3. The van der Waals surface area contributed by atoms with Crippen molar-refractivity contribution in [3.63, 3.8) is 0 Å². The predicted molar refractivity (Wildman–Crippen MR) is 121 cm³/mol. The highest BCUT2D eigenvalue weighted by Gasteiger charge is 2.34. The lowest BCUT2D eigenvalue weighted by atomic mass is 10.1. The Kier molecular flexibility index (Phi) is 7.28. The minimum atomic E-state index is -0.820. The first-order chi connectivity index (χ1) is 16.9. The van der Waals surface area contributed by atoms with E-state index in [9.17, 15) is 23.2 Å². The number of nitrogens with zero attached hydrogens (tertiary/aromatic N) is 4. The van der Waals surface area contributed by atoms with Gasteiger partial charge in [-0.2, -0.15) is 0 Å². The van der Waals surface area contributed by atoms with Crippen molar-refractivity contribution in [2.75, 3.05) is 56.2 Å². The Hall–Kier alpha value is -3.96. The Labute approximate surface area is 200 Å². The van der Waals surface area contributed by atoms with Crippen LogP contribution in [0.3, 0.4) is 0 Å². The molecule has 0 saturated carbocycles. The second-order valence-corrected chi connectivity index (χ2v) is 8.15. The number of halogens is 2. The van der Waals surface area contributed by atoms with Crippen molar-refractivity contribution < 1.29 is 32.6 Å². The number of amides is 3. The van der Waals surface area contributed by atoms with Crippen LogP contribution >= 0.6 is 0 Å². The first-order valence-corrected chi connectivity index (χ1v) is 11.1. The van der Waals surface area contributed by atoms with Gasteiger partial charge in [0.05, 0.1) is 32.3 Å². The molecule has 1 aromatic heterocycles. The summed E-state index contributed by atoms with van der Waals surface area (Å²) in [7, 11) is 1.20. The van der Waals surface area contributed by atoms with E-state index >= 15 is 0 Å². The van der Waals surface area contributed by atoms with Crippen molar-refractivity contribution in [2.24, 2.45) is 0 Å². The predicted octanol–water partition coefficient (Wildman–Crippen LogP) is 1.93. The average molecular weight is 489 g/mol. The van der Waals surface area contributed by atoms with Crippen LogP contribution in [0.1, 0.15) is 5.56 Å². The van der Waals surface area contributed by atoms with Gasteiger partial charge in [0.25, 0.3) is 0 Å². The van der Waals surface area contributed by atoms with Gasteiger partial charge in [0.1, 0.15) is 11.8 Å². The molecule has 2 aromatic rings. The maximum atomic E-state index is 15.0. The third kappa shape index (κ3) is 5.58. The smallest absolute Gasteiger partial charge is 0.414 e. The molecule has 4 rings (SSSR count). The van der Waals surface area contributed by atoms with E-state index in [2.05, 4.69) is 15.0 Å². The van der Waals surface area contributed by atoms with Crippen LogP contribution in [0.4, 0.5) is 29.7 Å². The van der Waals surface area contributed by atoms with Gasteiger partial charge in [0.2, 0.25) is 5.91 Å². The summed E-state index contributed by atoms with van der Waals surface area (Å²) in [5.74, 6) is -1.71. The average Bonchev–Trinajstić information content (AvgIpc) is 3.23. The standard InChI is InChI=1S/C23H25F2N5O5/c1-34-22(32)27-13-17-14-30(23(33)35-17)16-10-18(24)21(19(25)11-16)29-7-5-28(6-8-29)20(31)9-15-3-2-4-26-12-15/h2-4,10-12,17H,5-9,13-14H2,1H3,(H,27,32). The summed E-state index contributed by atoms with van der Waals surface area (Å²) in [5.41, 5.74) is 0.612. The van der Waals surface area contributed by atoms with E-state index in [-0.39, 0.29) is 49.9 Å². The maximum absolute atomic E-state index is 15.0. The summed E-state index contributed by atoms with van der Waals surface area (Å²) in [6, 6.07) is 5.74. The van der Waals surface area contributed by atoms with Crippen LogP contribution in [0.2, 0.25) is 0 Å². The Morgan fingerprint density at radius 2 is 1.91 bits per heavy atom. The molecule has 3 heterocycles. The zero-order valence-corrected chi connectivity index (χ0v) is 19.1. The monoisotopic (exact) mass is 489 g/mol. The number of aromatic nitrogens is 1. The van der Waals surface area contributed by atoms with Gasteiger partial charge >= 0.3 is 12.2 Å². The number of alkyl carbamates (subject to hydrolysis) is 1. The number of carbonyl (C=O) groups excluding carboxylic acids is 3. The number of hydrogen-bond donors (Lipinski definition) is 1. The molecule has 1 aromatic carbocycles. The molecular weight excluding hydrogens is 464 g/mol. The second kappa shape index (κ2) is 10.5. The van der Waals surface area contributed by atoms with Gasteiger partial charge in [-0.15, -0.1) is 0 Å². The van der Waals surface area contributed by atoms with Gasteiger partial charge in [-0.3, -0.25) is 14.7 Å².